The Balaban J connectivity index is 2.09. The molecule has 0 aliphatic rings. The summed E-state index contributed by atoms with van der Waals surface area (Å²) in [4.78, 5) is 14.2. The molecule has 1 aromatic heterocycles. The lowest BCUT2D eigenvalue weighted by atomic mass is 10.4. The topological polar surface area (TPSA) is 80.0 Å². The van der Waals surface area contributed by atoms with Crippen molar-refractivity contribution in [1.29, 1.82) is 0 Å². The number of nitrogens with one attached hydrogen (secondary N) is 1. The Bertz CT molecular complexity index is 346. The molecule has 82 valence electrons. The molecular formula is C9H14N4O2. The van der Waals surface area contributed by atoms with E-state index in [1.165, 1.54) is 0 Å². The quantitative estimate of drug-likeness (QED) is 0.493. The van der Waals surface area contributed by atoms with Crippen LogP contribution in [0.2, 0.25) is 0 Å². The molecule has 0 amide bonds. The molecule has 0 radical (unpaired) electrons. The van der Waals surface area contributed by atoms with E-state index in [4.69, 9.17) is 5.11 Å². The Hall–Kier alpha value is -1.69. The van der Waals surface area contributed by atoms with E-state index >= 15 is 0 Å². The van der Waals surface area contributed by atoms with Crippen LogP contribution < -0.4 is 5.32 Å². The maximum absolute atomic E-state index is 10.1. The third-order valence-electron chi connectivity index (χ3n) is 1.70. The number of rotatable bonds is 6. The fourth-order valence-electron chi connectivity index (χ4n) is 1.04. The summed E-state index contributed by atoms with van der Waals surface area (Å²) in [7, 11) is 1.82. The van der Waals surface area contributed by atoms with Gasteiger partial charge in [-0.15, -0.1) is 0 Å². The van der Waals surface area contributed by atoms with Gasteiger partial charge in [-0.05, 0) is 0 Å². The monoisotopic (exact) mass is 210 g/mol. The van der Waals surface area contributed by atoms with E-state index in [9.17, 15) is 4.79 Å². The zero-order chi connectivity index (χ0) is 11.1. The minimum absolute atomic E-state index is 0.541. The summed E-state index contributed by atoms with van der Waals surface area (Å²) >= 11 is 0. The normalized spacial score (nSPS) is 11.0. The molecule has 0 aliphatic heterocycles. The highest BCUT2D eigenvalue weighted by atomic mass is 16.4. The van der Waals surface area contributed by atoms with E-state index in [2.05, 4.69) is 15.4 Å². The van der Waals surface area contributed by atoms with Crippen LogP contribution in [0.25, 0.3) is 0 Å². The average Bonchev–Trinajstić information content (AvgIpc) is 2.57. The molecule has 0 saturated carbocycles. The summed E-state index contributed by atoms with van der Waals surface area (Å²) in [5.41, 5.74) is 0. The highest BCUT2D eigenvalue weighted by Gasteiger charge is 1.96. The van der Waals surface area contributed by atoms with Gasteiger partial charge in [-0.3, -0.25) is 4.68 Å². The Morgan fingerprint density at radius 1 is 1.73 bits per heavy atom. The van der Waals surface area contributed by atoms with Gasteiger partial charge in [0.2, 0.25) is 0 Å². The minimum Gasteiger partial charge on any atom is -0.478 e. The molecule has 0 aromatic carbocycles. The number of hydrogen-bond donors (Lipinski definition) is 2. The van der Waals surface area contributed by atoms with Crippen LogP contribution in [0.3, 0.4) is 0 Å². The molecule has 0 fully saturated rings. The van der Waals surface area contributed by atoms with Gasteiger partial charge in [0, 0.05) is 32.6 Å². The van der Waals surface area contributed by atoms with Crippen molar-refractivity contribution >= 4 is 5.97 Å². The zero-order valence-electron chi connectivity index (χ0n) is 8.55. The average molecular weight is 210 g/mol. The Kier molecular flexibility index (Phi) is 4.49. The van der Waals surface area contributed by atoms with Gasteiger partial charge in [-0.2, -0.15) is 5.10 Å². The largest absolute Gasteiger partial charge is 0.478 e. The number of nitrogens with zero attached hydrogens (tertiary/aromatic N) is 3. The molecule has 0 atom stereocenters. The van der Waals surface area contributed by atoms with Crippen molar-refractivity contribution < 1.29 is 9.90 Å². The van der Waals surface area contributed by atoms with Crippen LogP contribution >= 0.6 is 0 Å². The van der Waals surface area contributed by atoms with Crippen molar-refractivity contribution in [2.24, 2.45) is 7.05 Å². The lowest BCUT2D eigenvalue weighted by Crippen LogP contribution is -2.17. The van der Waals surface area contributed by atoms with Crippen molar-refractivity contribution in [1.82, 2.24) is 20.1 Å². The van der Waals surface area contributed by atoms with E-state index in [0.717, 1.165) is 24.9 Å². The van der Waals surface area contributed by atoms with Crippen molar-refractivity contribution in [3.63, 3.8) is 0 Å². The van der Waals surface area contributed by atoms with Crippen LogP contribution in [0, 0.1) is 0 Å². The van der Waals surface area contributed by atoms with Gasteiger partial charge in [0.25, 0.3) is 0 Å². The lowest BCUT2D eigenvalue weighted by Gasteiger charge is -1.97. The highest BCUT2D eigenvalue weighted by molar-refractivity contribution is 5.79. The molecule has 6 heteroatoms. The number of aryl methyl sites for hydroxylation is 1. The summed E-state index contributed by atoms with van der Waals surface area (Å²) in [6.45, 7) is 1.27. The summed E-state index contributed by atoms with van der Waals surface area (Å²) in [6, 6.07) is 0. The predicted octanol–water partition coefficient (Wildman–Crippen LogP) is -0.412. The van der Waals surface area contributed by atoms with Crippen molar-refractivity contribution in [3.8, 4) is 0 Å². The molecule has 15 heavy (non-hydrogen) atoms. The van der Waals surface area contributed by atoms with E-state index in [-0.39, 0.29) is 0 Å². The zero-order valence-corrected chi connectivity index (χ0v) is 8.55. The summed E-state index contributed by atoms with van der Waals surface area (Å²) in [5.74, 6) is -0.143. The maximum atomic E-state index is 10.1. The molecule has 1 aromatic rings. The summed E-state index contributed by atoms with van der Waals surface area (Å²) in [5, 5.41) is 15.5. The fourth-order valence-corrected chi connectivity index (χ4v) is 1.04. The van der Waals surface area contributed by atoms with Gasteiger partial charge in [0.05, 0.1) is 0 Å². The minimum atomic E-state index is -0.928. The Labute approximate surface area is 87.6 Å². The summed E-state index contributed by atoms with van der Waals surface area (Å²) < 4.78 is 1.65. The lowest BCUT2D eigenvalue weighted by molar-refractivity contribution is -0.131. The molecule has 0 bridgehead atoms. The highest BCUT2D eigenvalue weighted by Crippen LogP contribution is 1.87. The van der Waals surface area contributed by atoms with Crippen LogP contribution in [0.5, 0.6) is 0 Å². The van der Waals surface area contributed by atoms with Gasteiger partial charge in [-0.25, -0.2) is 9.78 Å². The van der Waals surface area contributed by atoms with E-state index in [0.29, 0.717) is 6.54 Å². The van der Waals surface area contributed by atoms with Crippen molar-refractivity contribution in [3.05, 3.63) is 24.3 Å². The molecular weight excluding hydrogens is 196 g/mol. The first-order valence-corrected chi connectivity index (χ1v) is 4.63. The SMILES string of the molecule is Cn1cnc(CCNC/C=C/C(=O)O)n1. The molecule has 0 unspecified atom stereocenters. The first kappa shape index (κ1) is 11.4. The van der Waals surface area contributed by atoms with Gasteiger partial charge in [0.1, 0.15) is 6.33 Å². The van der Waals surface area contributed by atoms with Crippen molar-refractivity contribution in [2.45, 2.75) is 6.42 Å². The van der Waals surface area contributed by atoms with Gasteiger partial charge >= 0.3 is 5.97 Å². The Morgan fingerprint density at radius 2 is 2.53 bits per heavy atom. The second-order valence-electron chi connectivity index (χ2n) is 3.03. The van der Waals surface area contributed by atoms with E-state index < -0.39 is 5.97 Å². The van der Waals surface area contributed by atoms with E-state index in [1.807, 2.05) is 7.05 Å². The van der Waals surface area contributed by atoms with Crippen LogP contribution in [0.1, 0.15) is 5.82 Å². The number of carboxylic acids is 1. The molecule has 1 heterocycles. The predicted molar refractivity (Wildman–Crippen MR) is 54.4 cm³/mol. The molecule has 0 spiro atoms. The van der Waals surface area contributed by atoms with Crippen molar-refractivity contribution in [2.75, 3.05) is 13.1 Å². The molecule has 6 nitrogen and oxygen atoms in total. The third-order valence-corrected chi connectivity index (χ3v) is 1.70. The van der Waals surface area contributed by atoms with Gasteiger partial charge < -0.3 is 10.4 Å². The smallest absolute Gasteiger partial charge is 0.328 e. The number of carboxylic acid groups (broad SMARTS) is 1. The number of hydrogen-bond acceptors (Lipinski definition) is 4. The van der Waals surface area contributed by atoms with Gasteiger partial charge in [0.15, 0.2) is 5.82 Å². The van der Waals surface area contributed by atoms with Gasteiger partial charge in [-0.1, -0.05) is 6.08 Å². The first-order chi connectivity index (χ1) is 7.18. The fraction of sp³-hybridized carbons (Fsp3) is 0.444. The van der Waals surface area contributed by atoms with Crippen LogP contribution in [0.15, 0.2) is 18.5 Å². The standard InChI is InChI=1S/C9H14N4O2/c1-13-7-11-8(12-13)4-6-10-5-2-3-9(14)15/h2-3,7,10H,4-6H2,1H3,(H,14,15)/b3-2+. The van der Waals surface area contributed by atoms with Crippen LogP contribution in [-0.4, -0.2) is 38.9 Å². The number of aliphatic carboxylic acids is 1. The molecule has 0 saturated heterocycles. The second kappa shape index (κ2) is 5.92. The van der Waals surface area contributed by atoms with Crippen LogP contribution in [-0.2, 0) is 18.3 Å². The Morgan fingerprint density at radius 3 is 3.13 bits per heavy atom. The van der Waals surface area contributed by atoms with E-state index in [1.54, 1.807) is 17.1 Å². The maximum Gasteiger partial charge on any atom is 0.328 e. The molecule has 0 aliphatic carbocycles. The molecule has 2 N–H and O–H groups in total. The third kappa shape index (κ3) is 4.92. The molecule has 1 rings (SSSR count). The summed E-state index contributed by atoms with van der Waals surface area (Å²) in [6.07, 6.45) is 5.07. The number of carbonyl (C=O) groups is 1. The number of aromatic nitrogens is 3. The second-order valence-corrected chi connectivity index (χ2v) is 3.03. The van der Waals surface area contributed by atoms with Crippen LogP contribution in [0.4, 0.5) is 0 Å². The first-order valence-electron chi connectivity index (χ1n) is 4.63.